The topological polar surface area (TPSA) is 78.4 Å². The van der Waals surface area contributed by atoms with Crippen molar-refractivity contribution < 1.29 is 960 Å². The molecule has 190 valence electrons. The normalized spacial score (nSPS) is 10.3. The molecule has 2 aromatic rings. The average Bonchev–Trinajstić information content (AvgIpc) is 3.65. The molecule has 7 nitrogen and oxygen atoms in total. The molecule has 2 heterocycles. The standard InChI is InChI=1S/C21H24ClN5O2.20K.18H/c1-26(17-7-9-27(10-8-17)20(28)14-5-6-14)21(29)25-19-13-23-18(12-24-19)15-3-2-4-16(22)11-15;;;;;;;;;;;;;;;;;;;;;;;;;;;;;;;;;;;;;;/h2-4,11-14,17H,5-10H2,1H3,(H,24,25,29);;;;;;;;;;;;;;;;;;;;;;;;;;;;;;;;;;;;;;/q;;;18*+1;18*-1. The maximum absolute atomic E-state index is 12.6. The third-order valence-corrected chi connectivity index (χ3v) is 5.81. The Bertz CT molecular complexity index is 996. The molecular formula is C21H42ClK20N5O2. The monoisotopic (exact) mass is 1210 g/mol. The van der Waals surface area contributed by atoms with Crippen molar-refractivity contribution in [3.05, 3.63) is 41.7 Å². The zero-order valence-electron chi connectivity index (χ0n) is 54.3. The van der Waals surface area contributed by atoms with Crippen molar-refractivity contribution in [3.8, 4) is 11.3 Å². The van der Waals surface area contributed by atoms with Crippen LogP contribution < -0.4 is 930 Å². The summed E-state index contributed by atoms with van der Waals surface area (Å²) in [4.78, 5) is 37.1. The summed E-state index contributed by atoms with van der Waals surface area (Å²) >= 11 is 8.52. The molecule has 1 saturated heterocycles. The van der Waals surface area contributed by atoms with Crippen molar-refractivity contribution >= 4 is 92.5 Å². The van der Waals surface area contributed by atoms with E-state index >= 15 is 0 Å². The molecule has 3 amide bonds. The number of anilines is 1. The van der Waals surface area contributed by atoms with Crippen LogP contribution in [0.1, 0.15) is 51.4 Å². The Morgan fingerprint density at radius 3 is 1.57 bits per heavy atom. The second-order valence-corrected chi connectivity index (χ2v) is 8.11. The van der Waals surface area contributed by atoms with Crippen molar-refractivity contribution in [3.63, 3.8) is 0 Å². The van der Waals surface area contributed by atoms with Crippen LogP contribution in [-0.4, -0.2) is 121 Å². The van der Waals surface area contributed by atoms with Crippen molar-refractivity contribution in [2.24, 2.45) is 5.92 Å². The Balaban J connectivity index is -0.00000000884. The number of aromatic nitrogens is 2. The summed E-state index contributed by atoms with van der Waals surface area (Å²) in [7, 11) is 1.78. The number of piperidine rings is 1. The fourth-order valence-electron chi connectivity index (χ4n) is 3.62. The van der Waals surface area contributed by atoms with Crippen molar-refractivity contribution in [2.45, 2.75) is 31.7 Å². The molecule has 4 rings (SSSR count). The Labute approximate surface area is 1140 Å². The average molecular weight is 1210 g/mol. The number of carbonyl (C=O) groups excluding carboxylic acids is 2. The van der Waals surface area contributed by atoms with Gasteiger partial charge in [0, 0.05) is 42.7 Å². The molecule has 1 saturated carbocycles. The first-order valence-corrected chi connectivity index (χ1v) is 27.3. The summed E-state index contributed by atoms with van der Waals surface area (Å²) in [6, 6.07) is 7.27. The number of nitrogens with one attached hydrogen (secondary N) is 1. The molecular weight excluding hydrogens is 1170 g/mol. The first-order chi connectivity index (χ1) is 15.0. The van der Waals surface area contributed by atoms with Crippen molar-refractivity contribution in [1.82, 2.24) is 19.8 Å². The molecule has 1 aromatic heterocycles. The fourth-order valence-corrected chi connectivity index (χ4v) is 3.81. The molecule has 49 heavy (non-hydrogen) atoms. The van der Waals surface area contributed by atoms with E-state index in [0.717, 1.165) is 31.2 Å². The van der Waals surface area contributed by atoms with Crippen LogP contribution in [0.4, 0.5) is 10.6 Å². The summed E-state index contributed by atoms with van der Waals surface area (Å²) in [6.07, 6.45) is 6.79. The predicted octanol–water partition coefficient (Wildman–Crippen LogP) is -49.0. The SMILES string of the molecule is CN(C(=O)Nc1cnc(-c2cccc(Cl)c2)cn1)C1CCN(C(=O)C2CC2)CC1.[H-].[H-].[H-].[H-].[H-].[H-].[H-].[H-].[H-].[H-].[H-].[H-].[H-].[H-].[H-].[H-].[H-].[H-].[K+].[K+].[K+].[K+].[K+].[K+].[K+].[K+].[K+].[K+].[K+].[K+].[K+].[K+].[K+].[K+].[K+].[K+].[K][K]. The van der Waals surface area contributed by atoms with E-state index in [1.54, 1.807) is 30.4 Å². The number of amides is 3. The van der Waals surface area contributed by atoms with E-state index in [4.69, 9.17) is 11.6 Å². The molecule has 0 atom stereocenters. The van der Waals surface area contributed by atoms with Gasteiger partial charge in [-0.15, -0.1) is 0 Å². The molecule has 2 aliphatic rings. The molecule has 28 heteroatoms. The summed E-state index contributed by atoms with van der Waals surface area (Å²) in [6.45, 7) is 1.43. The zero-order chi connectivity index (χ0) is 22.4. The van der Waals surface area contributed by atoms with Gasteiger partial charge in [-0.05, 0) is 37.8 Å². The molecule has 1 aliphatic heterocycles. The third kappa shape index (κ3) is 59.6. The van der Waals surface area contributed by atoms with Crippen LogP contribution in [-0.2, 0) is 4.79 Å². The Morgan fingerprint density at radius 2 is 1.20 bits per heavy atom. The quantitative estimate of drug-likeness (QED) is 0.310. The van der Waals surface area contributed by atoms with Gasteiger partial charge < -0.3 is 35.5 Å². The van der Waals surface area contributed by atoms with Crippen LogP contribution in [0.15, 0.2) is 36.7 Å². The van der Waals surface area contributed by atoms with Crippen molar-refractivity contribution in [1.29, 1.82) is 0 Å². The zero-order valence-corrected chi connectivity index (χ0v) is 99.6. The van der Waals surface area contributed by atoms with Gasteiger partial charge in [0.05, 0.1) is 18.1 Å². The molecule has 2 fully saturated rings. The van der Waals surface area contributed by atoms with E-state index in [0.29, 0.717) is 29.6 Å². The number of likely N-dealkylation sites (tertiary alicyclic amines) is 1. The number of urea groups is 1. The van der Waals surface area contributed by atoms with Gasteiger partial charge in [-0.3, -0.25) is 15.1 Å². The van der Waals surface area contributed by atoms with E-state index < -0.39 is 0 Å². The van der Waals surface area contributed by atoms with Crippen LogP contribution in [0.25, 0.3) is 11.3 Å². The van der Waals surface area contributed by atoms with E-state index in [-0.39, 0.29) is 974 Å². The van der Waals surface area contributed by atoms with Gasteiger partial charge in [0.2, 0.25) is 5.91 Å². The van der Waals surface area contributed by atoms with Gasteiger partial charge in [0.25, 0.3) is 0 Å². The number of nitrogens with zero attached hydrogens (tertiary/aromatic N) is 4. The molecule has 1 aromatic carbocycles. The van der Waals surface area contributed by atoms with Gasteiger partial charge in [-0.1, -0.05) is 23.7 Å². The molecule has 0 unspecified atom stereocenters. The van der Waals surface area contributed by atoms with Gasteiger partial charge in [0.15, 0.2) is 5.82 Å². The van der Waals surface area contributed by atoms with Gasteiger partial charge in [-0.25, -0.2) is 9.78 Å². The van der Waals surface area contributed by atoms with Gasteiger partial charge in [0.1, 0.15) is 0 Å². The third-order valence-electron chi connectivity index (χ3n) is 5.58. The molecule has 1 N–H and O–H groups in total. The number of rotatable bonds is 4. The van der Waals surface area contributed by atoms with Crippen LogP contribution in [0.3, 0.4) is 0 Å². The summed E-state index contributed by atoms with van der Waals surface area (Å²) in [5.74, 6) is 0.931. The second kappa shape index (κ2) is 82.3. The van der Waals surface area contributed by atoms with E-state index in [1.165, 1.54) is 63.2 Å². The van der Waals surface area contributed by atoms with Gasteiger partial charge in [-0.2, -0.15) is 0 Å². The maximum atomic E-state index is 12.6. The minimum atomic E-state index is -0.221. The predicted molar refractivity (Wildman–Crippen MR) is 143 cm³/mol. The van der Waals surface area contributed by atoms with Crippen LogP contribution >= 0.6 is 11.6 Å². The molecule has 1 aliphatic carbocycles. The Hall–Kier alpha value is 30.1. The van der Waals surface area contributed by atoms with E-state index in [1.807, 2.05) is 23.1 Å². The fraction of sp³-hybridized carbons (Fsp3) is 0.429. The van der Waals surface area contributed by atoms with Gasteiger partial charge >= 0.3 is 994 Å². The van der Waals surface area contributed by atoms with Crippen LogP contribution in [0, 0.1) is 5.92 Å². The number of hydrogen-bond donors (Lipinski definition) is 1. The summed E-state index contributed by atoms with van der Waals surface area (Å²) < 4.78 is 0. The van der Waals surface area contributed by atoms with Crippen molar-refractivity contribution in [2.75, 3.05) is 25.5 Å². The number of benzene rings is 1. The molecule has 0 spiro atoms. The minimum absolute atomic E-state index is 0. The number of carbonyl (C=O) groups is 2. The first-order valence-electron chi connectivity index (χ1n) is 10.9. The molecule has 0 bridgehead atoms. The number of hydrogen-bond acceptors (Lipinski definition) is 4. The van der Waals surface area contributed by atoms with Crippen LogP contribution in [0.2, 0.25) is 5.02 Å². The molecule has 0 radical (unpaired) electrons. The summed E-state index contributed by atoms with van der Waals surface area (Å²) in [5.41, 5.74) is 1.55. The Morgan fingerprint density at radius 1 is 0.755 bits per heavy atom. The van der Waals surface area contributed by atoms with E-state index in [9.17, 15) is 9.59 Å². The Kier molecular flexibility index (Phi) is 203. The second-order valence-electron chi connectivity index (χ2n) is 7.67. The van der Waals surface area contributed by atoms with E-state index in [2.05, 4.69) is 15.3 Å². The van der Waals surface area contributed by atoms with Crippen LogP contribution in [0.5, 0.6) is 0 Å². The first kappa shape index (κ1) is 121. The number of halogens is 1. The summed E-state index contributed by atoms with van der Waals surface area (Å²) in [5, 5.41) is 3.43.